The van der Waals surface area contributed by atoms with Gasteiger partial charge in [-0.15, -0.1) is 0 Å². The maximum Gasteiger partial charge on any atom is 0.127 e. The predicted octanol–water partition coefficient (Wildman–Crippen LogP) is 10.1. The van der Waals surface area contributed by atoms with Crippen LogP contribution in [0.2, 0.25) is 0 Å². The SMILES string of the molecule is Cc1cc(C2=C3CCCCC3C3CCCCCCCCCCC23)c(O)c(C(C)(C)c2ccccc2)c1. The molecule has 2 fully saturated rings. The molecule has 1 nitrogen and oxygen atoms in total. The van der Waals surface area contributed by atoms with Crippen molar-refractivity contribution in [2.45, 2.75) is 116 Å². The Morgan fingerprint density at radius 2 is 1.33 bits per heavy atom. The third-order valence-corrected chi connectivity index (χ3v) is 9.93. The van der Waals surface area contributed by atoms with Crippen molar-refractivity contribution in [3.05, 3.63) is 70.3 Å². The van der Waals surface area contributed by atoms with Crippen LogP contribution in [0, 0.1) is 24.7 Å². The van der Waals surface area contributed by atoms with Gasteiger partial charge in [0.15, 0.2) is 0 Å². The maximum atomic E-state index is 12.0. The van der Waals surface area contributed by atoms with Crippen molar-refractivity contribution in [3.63, 3.8) is 0 Å². The van der Waals surface area contributed by atoms with Crippen molar-refractivity contribution in [1.29, 1.82) is 0 Å². The summed E-state index contributed by atoms with van der Waals surface area (Å²) in [6.07, 6.45) is 19.2. The van der Waals surface area contributed by atoms with Crippen molar-refractivity contribution >= 4 is 5.57 Å². The summed E-state index contributed by atoms with van der Waals surface area (Å²) in [5.41, 5.74) is 7.87. The van der Waals surface area contributed by atoms with E-state index in [1.165, 1.54) is 107 Å². The number of aryl methyl sites for hydroxylation is 1. The van der Waals surface area contributed by atoms with E-state index in [1.54, 1.807) is 11.1 Å². The molecule has 0 spiro atoms. The highest BCUT2D eigenvalue weighted by Crippen LogP contribution is 2.57. The summed E-state index contributed by atoms with van der Waals surface area (Å²) in [6, 6.07) is 15.3. The molecule has 0 radical (unpaired) electrons. The third-order valence-electron chi connectivity index (χ3n) is 9.93. The van der Waals surface area contributed by atoms with Gasteiger partial charge in [-0.1, -0.05) is 114 Å². The lowest BCUT2D eigenvalue weighted by molar-refractivity contribution is 0.252. The Morgan fingerprint density at radius 3 is 2.06 bits per heavy atom. The van der Waals surface area contributed by atoms with Gasteiger partial charge in [0.25, 0.3) is 0 Å². The summed E-state index contributed by atoms with van der Waals surface area (Å²) < 4.78 is 0. The van der Waals surface area contributed by atoms with Crippen molar-refractivity contribution in [2.75, 3.05) is 0 Å². The number of benzene rings is 2. The standard InChI is InChI=1S/C35H48O/c1-25-23-31(34(36)32(24-25)35(2,3)26-17-11-10-12-18-26)33-29-21-14-9-7-5-4-6-8-13-19-27(29)28-20-15-16-22-30(28)33/h10-12,17-18,23-24,27-29,36H,4-9,13-16,19-22H2,1-3H3. The molecule has 0 aliphatic heterocycles. The number of rotatable bonds is 3. The molecular formula is C35H48O. The fraction of sp³-hybridized carbons (Fsp3) is 0.600. The van der Waals surface area contributed by atoms with Crippen LogP contribution in [0.4, 0.5) is 0 Å². The molecule has 0 amide bonds. The predicted molar refractivity (Wildman–Crippen MR) is 153 cm³/mol. The molecule has 3 aliphatic rings. The first-order valence-electron chi connectivity index (χ1n) is 15.1. The van der Waals surface area contributed by atoms with Crippen molar-refractivity contribution in [2.24, 2.45) is 17.8 Å². The highest BCUT2D eigenvalue weighted by Gasteiger charge is 2.44. The fourth-order valence-corrected chi connectivity index (χ4v) is 7.99. The van der Waals surface area contributed by atoms with Gasteiger partial charge in [-0.2, -0.15) is 0 Å². The molecule has 1 heteroatoms. The van der Waals surface area contributed by atoms with Crippen molar-refractivity contribution in [1.82, 2.24) is 0 Å². The summed E-state index contributed by atoms with van der Waals surface area (Å²) >= 11 is 0. The topological polar surface area (TPSA) is 20.2 Å². The number of aromatic hydroxyl groups is 1. The Balaban J connectivity index is 1.59. The normalized spacial score (nSPS) is 26.0. The van der Waals surface area contributed by atoms with E-state index in [2.05, 4.69) is 63.2 Å². The van der Waals surface area contributed by atoms with Crippen molar-refractivity contribution in [3.8, 4) is 5.75 Å². The molecule has 5 rings (SSSR count). The summed E-state index contributed by atoms with van der Waals surface area (Å²) in [5, 5.41) is 12.0. The lowest BCUT2D eigenvalue weighted by Gasteiger charge is -2.31. The Kier molecular flexibility index (Phi) is 7.94. The second kappa shape index (κ2) is 11.2. The minimum absolute atomic E-state index is 0.242. The van der Waals surface area contributed by atoms with Gasteiger partial charge >= 0.3 is 0 Å². The Hall–Kier alpha value is -2.02. The van der Waals surface area contributed by atoms with Gasteiger partial charge in [-0.3, -0.25) is 0 Å². The number of hydrogen-bond acceptors (Lipinski definition) is 1. The van der Waals surface area contributed by atoms with Gasteiger partial charge < -0.3 is 5.11 Å². The average molecular weight is 485 g/mol. The summed E-state index contributed by atoms with van der Waals surface area (Å²) in [5.74, 6) is 2.73. The maximum absolute atomic E-state index is 12.0. The summed E-state index contributed by atoms with van der Waals surface area (Å²) in [6.45, 7) is 6.77. The van der Waals surface area contributed by atoms with Crippen LogP contribution in [0.15, 0.2) is 48.0 Å². The highest BCUT2D eigenvalue weighted by molar-refractivity contribution is 5.79. The summed E-state index contributed by atoms with van der Waals surface area (Å²) in [4.78, 5) is 0. The molecule has 0 saturated heterocycles. The van der Waals surface area contributed by atoms with E-state index in [1.807, 2.05) is 0 Å². The van der Waals surface area contributed by atoms with Crippen LogP contribution in [0.25, 0.3) is 5.57 Å². The smallest absolute Gasteiger partial charge is 0.127 e. The van der Waals surface area contributed by atoms with Crippen LogP contribution < -0.4 is 0 Å². The number of phenols is 1. The molecule has 0 heterocycles. The molecule has 36 heavy (non-hydrogen) atoms. The second-order valence-corrected chi connectivity index (χ2v) is 12.7. The average Bonchev–Trinajstić information content (AvgIpc) is 3.18. The van der Waals surface area contributed by atoms with Gasteiger partial charge in [0, 0.05) is 16.5 Å². The highest BCUT2D eigenvalue weighted by atomic mass is 16.3. The van der Waals surface area contributed by atoms with Crippen LogP contribution >= 0.6 is 0 Å². The molecule has 0 bridgehead atoms. The number of hydrogen-bond donors (Lipinski definition) is 1. The van der Waals surface area contributed by atoms with Gasteiger partial charge in [0.05, 0.1) is 0 Å². The zero-order chi connectivity index (χ0) is 25.1. The molecule has 194 valence electrons. The number of fused-ring (bicyclic) bond motifs is 3. The Morgan fingerprint density at radius 1 is 0.722 bits per heavy atom. The van der Waals surface area contributed by atoms with E-state index < -0.39 is 0 Å². The summed E-state index contributed by atoms with van der Waals surface area (Å²) in [7, 11) is 0. The van der Waals surface area contributed by atoms with E-state index >= 15 is 0 Å². The molecule has 3 unspecified atom stereocenters. The van der Waals surface area contributed by atoms with Crippen LogP contribution in [0.5, 0.6) is 5.75 Å². The molecular weight excluding hydrogens is 436 g/mol. The Labute approximate surface area is 220 Å². The first-order chi connectivity index (χ1) is 17.5. The van der Waals surface area contributed by atoms with E-state index in [9.17, 15) is 5.11 Å². The Bertz CT molecular complexity index is 1060. The van der Waals surface area contributed by atoms with Crippen LogP contribution in [-0.4, -0.2) is 5.11 Å². The van der Waals surface area contributed by atoms with E-state index in [-0.39, 0.29) is 5.41 Å². The van der Waals surface area contributed by atoms with Crippen LogP contribution in [0.1, 0.15) is 126 Å². The van der Waals surface area contributed by atoms with E-state index in [0.717, 1.165) is 17.4 Å². The van der Waals surface area contributed by atoms with Crippen molar-refractivity contribution < 1.29 is 5.11 Å². The second-order valence-electron chi connectivity index (χ2n) is 12.7. The van der Waals surface area contributed by atoms with Gasteiger partial charge in [-0.25, -0.2) is 0 Å². The minimum Gasteiger partial charge on any atom is -0.507 e. The van der Waals surface area contributed by atoms with Gasteiger partial charge in [0.2, 0.25) is 0 Å². The lowest BCUT2D eigenvalue weighted by Crippen LogP contribution is -2.21. The van der Waals surface area contributed by atoms with Crippen LogP contribution in [0.3, 0.4) is 0 Å². The minimum atomic E-state index is -0.242. The monoisotopic (exact) mass is 484 g/mol. The molecule has 3 atom stereocenters. The first-order valence-corrected chi connectivity index (χ1v) is 15.1. The quantitative estimate of drug-likeness (QED) is 0.459. The lowest BCUT2D eigenvalue weighted by atomic mass is 9.74. The molecule has 0 aromatic heterocycles. The van der Waals surface area contributed by atoms with Gasteiger partial charge in [-0.05, 0) is 79.5 Å². The fourth-order valence-electron chi connectivity index (χ4n) is 7.99. The molecule has 2 aromatic carbocycles. The molecule has 2 saturated carbocycles. The molecule has 3 aliphatic carbocycles. The number of allylic oxidation sites excluding steroid dienone is 2. The first kappa shape index (κ1) is 25.6. The zero-order valence-electron chi connectivity index (χ0n) is 23.1. The molecule has 2 aromatic rings. The van der Waals surface area contributed by atoms with Crippen LogP contribution in [-0.2, 0) is 5.41 Å². The van der Waals surface area contributed by atoms with Gasteiger partial charge in [0.1, 0.15) is 5.75 Å². The third kappa shape index (κ3) is 5.05. The number of phenolic OH excluding ortho intramolecular Hbond substituents is 1. The molecule has 1 N–H and O–H groups in total. The largest absolute Gasteiger partial charge is 0.507 e. The van der Waals surface area contributed by atoms with E-state index in [0.29, 0.717) is 11.7 Å². The van der Waals surface area contributed by atoms with E-state index in [4.69, 9.17) is 0 Å². The zero-order valence-corrected chi connectivity index (χ0v) is 23.1.